The number of nitrogens with zero attached hydrogens (tertiary/aromatic N) is 2. The Bertz CT molecular complexity index is 584. The van der Waals surface area contributed by atoms with Crippen LogP contribution < -0.4 is 56.9 Å². The van der Waals surface area contributed by atoms with Crippen LogP contribution in [0.4, 0.5) is 12.9 Å². The van der Waals surface area contributed by atoms with Crippen LogP contribution in [0.15, 0.2) is 35.4 Å². The topological polar surface area (TPSA) is 34.9 Å². The van der Waals surface area contributed by atoms with Crippen molar-refractivity contribution < 1.29 is 64.3 Å². The smallest absolute Gasteiger partial charge is 0.448 e. The van der Waals surface area contributed by atoms with E-state index in [1.54, 1.807) is 18.2 Å². The van der Waals surface area contributed by atoms with Gasteiger partial charge in [-0.25, -0.2) is 4.98 Å². The molecule has 0 saturated carbocycles. The van der Waals surface area contributed by atoms with Gasteiger partial charge in [-0.05, 0) is 18.6 Å². The molecule has 2 rings (SSSR count). The van der Waals surface area contributed by atoms with Gasteiger partial charge in [-0.3, -0.25) is 4.79 Å². The average molecular weight is 266 g/mol. The second-order valence-electron chi connectivity index (χ2n) is 3.43. The summed E-state index contributed by atoms with van der Waals surface area (Å²) in [6.45, 7) is -5.04. The third-order valence-electron chi connectivity index (χ3n) is 2.14. The van der Waals surface area contributed by atoms with Crippen LogP contribution in [-0.2, 0) is 6.44 Å². The molecular weight excluding hydrogens is 259 g/mol. The van der Waals surface area contributed by atoms with E-state index in [9.17, 15) is 17.7 Å². The van der Waals surface area contributed by atoms with E-state index in [4.69, 9.17) is 0 Å². The minimum absolute atomic E-state index is 0. The number of aromatic nitrogens is 2. The Hall–Kier alpha value is -0.149. The Labute approximate surface area is 138 Å². The summed E-state index contributed by atoms with van der Waals surface area (Å²) >= 11 is 0. The van der Waals surface area contributed by atoms with E-state index in [0.29, 0.717) is 10.1 Å². The molecule has 0 atom stereocenters. The van der Waals surface area contributed by atoms with Crippen LogP contribution in [0.1, 0.15) is 0 Å². The van der Waals surface area contributed by atoms with Crippen LogP contribution in [0.3, 0.4) is 0 Å². The quantitative estimate of drug-likeness (QED) is 0.639. The van der Waals surface area contributed by atoms with Crippen LogP contribution in [0.25, 0.3) is 10.9 Å². The predicted octanol–water partition coefficient (Wildman–Crippen LogP) is -1.21. The van der Waals surface area contributed by atoms with Gasteiger partial charge in [0.15, 0.2) is 0 Å². The van der Waals surface area contributed by atoms with Crippen LogP contribution in [-0.4, -0.2) is 16.5 Å². The zero-order valence-corrected chi connectivity index (χ0v) is 12.2. The Morgan fingerprint density at radius 3 is 2.53 bits per heavy atom. The summed E-state index contributed by atoms with van der Waals surface area (Å²) in [5.41, 5.74) is -0.261. The van der Waals surface area contributed by atoms with Gasteiger partial charge in [0, 0.05) is 0 Å². The average Bonchev–Trinajstić information content (AvgIpc) is 2.21. The maximum Gasteiger partial charge on any atom is 1.00 e. The van der Waals surface area contributed by atoms with Crippen molar-refractivity contribution in [2.24, 2.45) is 0 Å². The van der Waals surface area contributed by atoms with E-state index in [2.05, 4.69) is 4.98 Å². The molecule has 0 N–H and O–H groups in total. The minimum Gasteiger partial charge on any atom is -0.448 e. The van der Waals surface area contributed by atoms with E-state index in [-0.39, 0.29) is 56.8 Å². The van der Waals surface area contributed by atoms with Gasteiger partial charge in [0.25, 0.3) is 5.56 Å². The third kappa shape index (κ3) is 3.65. The van der Waals surface area contributed by atoms with Crippen molar-refractivity contribution >= 4 is 17.9 Å². The zero-order valence-electron chi connectivity index (χ0n) is 9.11. The molecule has 1 heterocycles. The first kappa shape index (κ1) is 14.9. The Kier molecular flexibility index (Phi) is 4.97. The fourth-order valence-electron chi connectivity index (χ4n) is 1.46. The molecule has 0 unspecified atom stereocenters. The van der Waals surface area contributed by atoms with E-state index >= 15 is 0 Å². The minimum atomic E-state index is -5.04. The fourth-order valence-corrected chi connectivity index (χ4v) is 1.46. The van der Waals surface area contributed by atoms with Gasteiger partial charge < -0.3 is 17.5 Å². The van der Waals surface area contributed by atoms with E-state index in [1.807, 2.05) is 0 Å². The maximum absolute atomic E-state index is 12.2. The van der Waals surface area contributed by atoms with E-state index < -0.39 is 19.0 Å². The molecule has 17 heavy (non-hydrogen) atoms. The molecule has 2 aromatic rings. The standard InChI is InChI=1S/C9H7BF3N2O.K/c11-10(12,13)5-15-6-14-8-4-2-1-3-7(8)9(15)16;/h1-4,6H,5H2;/q-1;+1. The summed E-state index contributed by atoms with van der Waals surface area (Å²) in [6, 6.07) is 6.31. The summed E-state index contributed by atoms with van der Waals surface area (Å²) in [6.07, 6.45) is -0.323. The Balaban J connectivity index is 0.00000144. The summed E-state index contributed by atoms with van der Waals surface area (Å²) in [5, 5.41) is 0.199. The first-order valence-corrected chi connectivity index (χ1v) is 4.62. The first-order valence-electron chi connectivity index (χ1n) is 4.62. The second kappa shape index (κ2) is 5.66. The number of hydrogen-bond acceptors (Lipinski definition) is 2. The monoisotopic (exact) mass is 266 g/mol. The number of para-hydroxylation sites is 1. The Morgan fingerprint density at radius 1 is 1.24 bits per heavy atom. The third-order valence-corrected chi connectivity index (χ3v) is 2.14. The van der Waals surface area contributed by atoms with Gasteiger partial charge in [-0.1, -0.05) is 12.1 Å². The van der Waals surface area contributed by atoms with Crippen molar-refractivity contribution in [1.82, 2.24) is 9.55 Å². The van der Waals surface area contributed by atoms with Crippen LogP contribution in [0, 0.1) is 0 Å². The number of halogens is 3. The molecule has 0 radical (unpaired) electrons. The van der Waals surface area contributed by atoms with Gasteiger partial charge >= 0.3 is 58.4 Å². The van der Waals surface area contributed by atoms with Crippen LogP contribution >= 0.6 is 0 Å². The molecule has 3 nitrogen and oxygen atoms in total. The molecule has 84 valence electrons. The molecule has 0 amide bonds. The summed E-state index contributed by atoms with van der Waals surface area (Å²) in [5.74, 6) is 0. The molecule has 0 fully saturated rings. The Morgan fingerprint density at radius 2 is 1.88 bits per heavy atom. The fraction of sp³-hybridized carbons (Fsp3) is 0.111. The molecule has 0 spiro atoms. The molecule has 0 aliphatic carbocycles. The summed E-state index contributed by atoms with van der Waals surface area (Å²) in [7, 11) is 0. The number of hydrogen-bond donors (Lipinski definition) is 0. The van der Waals surface area contributed by atoms with Gasteiger partial charge in [-0.2, -0.15) is 0 Å². The first-order chi connectivity index (χ1) is 7.47. The number of rotatable bonds is 2. The largest absolute Gasteiger partial charge is 1.00 e. The number of fused-ring (bicyclic) bond motifs is 1. The van der Waals surface area contributed by atoms with E-state index in [0.717, 1.165) is 6.33 Å². The summed E-state index contributed by atoms with van der Waals surface area (Å²) < 4.78 is 37.2. The molecule has 1 aromatic carbocycles. The van der Waals surface area contributed by atoms with Gasteiger partial charge in [0.2, 0.25) is 0 Å². The number of benzene rings is 1. The van der Waals surface area contributed by atoms with Crippen molar-refractivity contribution in [3.05, 3.63) is 40.9 Å². The van der Waals surface area contributed by atoms with Crippen molar-refractivity contribution in [2.75, 3.05) is 0 Å². The zero-order chi connectivity index (χ0) is 11.8. The molecule has 0 bridgehead atoms. The molecule has 1 aromatic heterocycles. The van der Waals surface area contributed by atoms with Gasteiger partial charge in [-0.15, -0.1) is 0 Å². The van der Waals surface area contributed by atoms with Gasteiger partial charge in [0.05, 0.1) is 17.2 Å². The molecule has 8 heteroatoms. The molecular formula is C9H7BF3KN2O. The van der Waals surface area contributed by atoms with Crippen LogP contribution in [0.2, 0.25) is 0 Å². The molecule has 0 aliphatic rings. The van der Waals surface area contributed by atoms with Gasteiger partial charge in [0.1, 0.15) is 0 Å². The second-order valence-corrected chi connectivity index (χ2v) is 3.43. The predicted molar refractivity (Wildman–Crippen MR) is 55.1 cm³/mol. The van der Waals surface area contributed by atoms with Crippen molar-refractivity contribution in [1.29, 1.82) is 0 Å². The summed E-state index contributed by atoms with van der Waals surface area (Å²) in [4.78, 5) is 15.4. The normalized spacial score (nSPS) is 11.2. The molecule has 0 aliphatic heterocycles. The van der Waals surface area contributed by atoms with E-state index in [1.165, 1.54) is 6.07 Å². The maximum atomic E-state index is 12.2. The van der Waals surface area contributed by atoms with Crippen molar-refractivity contribution in [2.45, 2.75) is 6.44 Å². The van der Waals surface area contributed by atoms with Crippen LogP contribution in [0.5, 0.6) is 0 Å². The van der Waals surface area contributed by atoms with Crippen molar-refractivity contribution in [3.8, 4) is 0 Å². The van der Waals surface area contributed by atoms with Crippen molar-refractivity contribution in [3.63, 3.8) is 0 Å². The molecule has 0 saturated heterocycles. The SMILES string of the molecule is O=c1c2ccccc2ncn1C[B-](F)(F)F.[K+].